The molecular weight excluding hydrogens is 254 g/mol. The Hall–Kier alpha value is -1.59. The van der Waals surface area contributed by atoms with Gasteiger partial charge < -0.3 is 16.8 Å². The molecule has 100 valence electrons. The fraction of sp³-hybridized carbons (Fsp3) is 0.333. The summed E-state index contributed by atoms with van der Waals surface area (Å²) in [7, 11) is 0. The number of carbonyl (C=O) groups is 2. The molecule has 0 radical (unpaired) electrons. The van der Waals surface area contributed by atoms with E-state index in [9.17, 15) is 9.59 Å². The normalized spacial score (nSPS) is 11.2. The molecule has 0 aliphatic rings. The van der Waals surface area contributed by atoms with E-state index in [4.69, 9.17) is 11.5 Å². The molecule has 0 aliphatic carbocycles. The number of primary amides is 1. The zero-order valence-corrected chi connectivity index (χ0v) is 11.0. The van der Waals surface area contributed by atoms with E-state index in [0.29, 0.717) is 18.5 Å². The molecule has 1 aromatic rings. The average Bonchev–Trinajstić information content (AvgIpc) is 2.35. The number of carbonyl (C=O) groups excluding carboxylic acids is 2. The molecule has 5 N–H and O–H groups in total. The molecule has 0 aromatic heterocycles. The van der Waals surface area contributed by atoms with Gasteiger partial charge in [-0.1, -0.05) is 19.1 Å². The highest BCUT2D eigenvalue weighted by atomic mass is 35.5. The minimum absolute atomic E-state index is 0. The summed E-state index contributed by atoms with van der Waals surface area (Å²) in [6.07, 6.45) is 0.604. The number of rotatable bonds is 5. The highest BCUT2D eigenvalue weighted by Gasteiger charge is 2.09. The molecule has 0 fully saturated rings. The lowest BCUT2D eigenvalue weighted by Gasteiger charge is -2.10. The third-order valence-corrected chi connectivity index (χ3v) is 2.48. The van der Waals surface area contributed by atoms with Crippen LogP contribution >= 0.6 is 12.4 Å². The van der Waals surface area contributed by atoms with Crippen molar-refractivity contribution in [1.82, 2.24) is 5.32 Å². The lowest BCUT2D eigenvalue weighted by molar-refractivity contribution is -0.122. The molecule has 1 atom stereocenters. The largest absolute Gasteiger partial charge is 0.366 e. The molecule has 0 bridgehead atoms. The van der Waals surface area contributed by atoms with E-state index < -0.39 is 11.9 Å². The number of hydrogen-bond acceptors (Lipinski definition) is 3. The predicted octanol–water partition coefficient (Wildman–Crippen LogP) is 0.561. The molecule has 18 heavy (non-hydrogen) atoms. The third kappa shape index (κ3) is 4.73. The van der Waals surface area contributed by atoms with Crippen molar-refractivity contribution >= 4 is 24.2 Å². The van der Waals surface area contributed by atoms with E-state index in [1.54, 1.807) is 24.3 Å². The van der Waals surface area contributed by atoms with E-state index in [0.717, 1.165) is 5.56 Å². The van der Waals surface area contributed by atoms with Crippen LogP contribution in [0.5, 0.6) is 0 Å². The molecule has 0 heterocycles. The highest BCUT2D eigenvalue weighted by molar-refractivity contribution is 5.92. The second kappa shape index (κ2) is 7.68. The molecule has 2 amide bonds. The van der Waals surface area contributed by atoms with Crippen molar-refractivity contribution in [2.24, 2.45) is 11.5 Å². The number of nitrogens with one attached hydrogen (secondary N) is 1. The van der Waals surface area contributed by atoms with Crippen LogP contribution in [0, 0.1) is 0 Å². The summed E-state index contributed by atoms with van der Waals surface area (Å²) in [5.74, 6) is -0.639. The highest BCUT2D eigenvalue weighted by Crippen LogP contribution is 2.03. The first-order valence-corrected chi connectivity index (χ1v) is 5.46. The zero-order valence-electron chi connectivity index (χ0n) is 10.2. The fourth-order valence-electron chi connectivity index (χ4n) is 1.29. The summed E-state index contributed by atoms with van der Waals surface area (Å²) >= 11 is 0. The van der Waals surface area contributed by atoms with Gasteiger partial charge in [0, 0.05) is 12.1 Å². The Balaban J connectivity index is 0.00000289. The summed E-state index contributed by atoms with van der Waals surface area (Å²) in [5, 5.41) is 2.72. The lowest BCUT2D eigenvalue weighted by Crippen LogP contribution is -2.39. The maximum atomic E-state index is 11.4. The monoisotopic (exact) mass is 271 g/mol. The van der Waals surface area contributed by atoms with E-state index in [1.807, 2.05) is 6.92 Å². The van der Waals surface area contributed by atoms with Crippen molar-refractivity contribution in [2.45, 2.75) is 25.9 Å². The van der Waals surface area contributed by atoms with E-state index in [-0.39, 0.29) is 18.3 Å². The SMILES string of the molecule is CC[C@H](N)C(=O)NCc1ccc(C(N)=O)cc1.Cl. The standard InChI is InChI=1S/C12H17N3O2.ClH/c1-2-10(13)12(17)15-7-8-3-5-9(6-4-8)11(14)16;/h3-6,10H,2,7,13H2,1H3,(H2,14,16)(H,15,17);1H/t10-;/m0./s1. The predicted molar refractivity (Wildman–Crippen MR) is 72.3 cm³/mol. The van der Waals surface area contributed by atoms with E-state index in [1.165, 1.54) is 0 Å². The lowest BCUT2D eigenvalue weighted by atomic mass is 10.1. The van der Waals surface area contributed by atoms with Crippen LogP contribution in [0.4, 0.5) is 0 Å². The Morgan fingerprint density at radius 3 is 2.28 bits per heavy atom. The molecule has 0 aliphatic heterocycles. The van der Waals surface area contributed by atoms with Gasteiger partial charge >= 0.3 is 0 Å². The molecule has 0 unspecified atom stereocenters. The van der Waals surface area contributed by atoms with Crippen molar-refractivity contribution in [2.75, 3.05) is 0 Å². The fourth-order valence-corrected chi connectivity index (χ4v) is 1.29. The van der Waals surface area contributed by atoms with Gasteiger partial charge in [-0.25, -0.2) is 0 Å². The van der Waals surface area contributed by atoms with Crippen LogP contribution in [0.25, 0.3) is 0 Å². The van der Waals surface area contributed by atoms with Crippen LogP contribution < -0.4 is 16.8 Å². The number of hydrogen-bond donors (Lipinski definition) is 3. The minimum Gasteiger partial charge on any atom is -0.366 e. The van der Waals surface area contributed by atoms with Gasteiger partial charge in [0.05, 0.1) is 6.04 Å². The van der Waals surface area contributed by atoms with Crippen LogP contribution in [0.2, 0.25) is 0 Å². The van der Waals surface area contributed by atoms with Crippen LogP contribution in [0.15, 0.2) is 24.3 Å². The Labute approximate surface area is 112 Å². The van der Waals surface area contributed by atoms with Crippen LogP contribution in [-0.2, 0) is 11.3 Å². The van der Waals surface area contributed by atoms with Crippen molar-refractivity contribution < 1.29 is 9.59 Å². The maximum absolute atomic E-state index is 11.4. The molecule has 5 nitrogen and oxygen atoms in total. The topological polar surface area (TPSA) is 98.2 Å². The van der Waals surface area contributed by atoms with E-state index >= 15 is 0 Å². The van der Waals surface area contributed by atoms with Crippen LogP contribution in [-0.4, -0.2) is 17.9 Å². The maximum Gasteiger partial charge on any atom is 0.248 e. The summed E-state index contributed by atoms with van der Waals surface area (Å²) in [6, 6.07) is 6.28. The van der Waals surface area contributed by atoms with Crippen molar-refractivity contribution in [1.29, 1.82) is 0 Å². The van der Waals surface area contributed by atoms with E-state index in [2.05, 4.69) is 5.32 Å². The van der Waals surface area contributed by atoms with Gasteiger partial charge in [0.25, 0.3) is 0 Å². The smallest absolute Gasteiger partial charge is 0.248 e. The number of benzene rings is 1. The number of halogens is 1. The van der Waals surface area contributed by atoms with Gasteiger partial charge in [0.15, 0.2) is 0 Å². The average molecular weight is 272 g/mol. The van der Waals surface area contributed by atoms with Gasteiger partial charge in [0.1, 0.15) is 0 Å². The third-order valence-electron chi connectivity index (χ3n) is 2.48. The van der Waals surface area contributed by atoms with Crippen molar-refractivity contribution in [3.05, 3.63) is 35.4 Å². The Kier molecular flexibility index (Phi) is 7.00. The summed E-state index contributed by atoms with van der Waals surface area (Å²) in [6.45, 7) is 2.25. The van der Waals surface area contributed by atoms with Gasteiger partial charge in [-0.2, -0.15) is 0 Å². The van der Waals surface area contributed by atoms with Crippen molar-refractivity contribution in [3.63, 3.8) is 0 Å². The van der Waals surface area contributed by atoms with Gasteiger partial charge in [-0.15, -0.1) is 12.4 Å². The second-order valence-corrected chi connectivity index (χ2v) is 3.79. The molecule has 0 saturated heterocycles. The first-order valence-electron chi connectivity index (χ1n) is 5.46. The quantitative estimate of drug-likeness (QED) is 0.730. The Morgan fingerprint density at radius 1 is 1.28 bits per heavy atom. The molecule has 1 aromatic carbocycles. The molecular formula is C12H18ClN3O2. The van der Waals surface area contributed by atoms with Crippen molar-refractivity contribution in [3.8, 4) is 0 Å². The first kappa shape index (κ1) is 16.4. The summed E-state index contributed by atoms with van der Waals surface area (Å²) in [5.41, 5.74) is 12.0. The minimum atomic E-state index is -0.472. The second-order valence-electron chi connectivity index (χ2n) is 3.79. The molecule has 1 rings (SSSR count). The molecule has 0 spiro atoms. The Bertz CT molecular complexity index is 406. The summed E-state index contributed by atoms with van der Waals surface area (Å²) in [4.78, 5) is 22.3. The zero-order chi connectivity index (χ0) is 12.8. The van der Waals surface area contributed by atoms with Crippen LogP contribution in [0.3, 0.4) is 0 Å². The first-order chi connectivity index (χ1) is 8.04. The number of amides is 2. The van der Waals surface area contributed by atoms with Gasteiger partial charge in [-0.05, 0) is 24.1 Å². The number of nitrogens with two attached hydrogens (primary N) is 2. The van der Waals surface area contributed by atoms with Gasteiger partial charge in [0.2, 0.25) is 11.8 Å². The summed E-state index contributed by atoms with van der Waals surface area (Å²) < 4.78 is 0. The molecule has 0 saturated carbocycles. The van der Waals surface area contributed by atoms with Crippen LogP contribution in [0.1, 0.15) is 29.3 Å². The van der Waals surface area contributed by atoms with Gasteiger partial charge in [-0.3, -0.25) is 9.59 Å². The molecule has 6 heteroatoms. The Morgan fingerprint density at radius 2 is 1.83 bits per heavy atom.